The number of hydrogen-bond donors (Lipinski definition) is 0. The lowest BCUT2D eigenvalue weighted by atomic mass is 10.3. The predicted molar refractivity (Wildman–Crippen MR) is 90.5 cm³/mol. The SMILES string of the molecule is O=C1CCCN1c1ccc(OCC(=O)N2CCCn3ncnc32)cc1. The first-order chi connectivity index (χ1) is 12.2. The minimum Gasteiger partial charge on any atom is -0.484 e. The second-order valence-corrected chi connectivity index (χ2v) is 6.11. The van der Waals surface area contributed by atoms with Crippen molar-refractivity contribution < 1.29 is 14.3 Å². The van der Waals surface area contributed by atoms with E-state index in [9.17, 15) is 9.59 Å². The van der Waals surface area contributed by atoms with Gasteiger partial charge < -0.3 is 9.64 Å². The van der Waals surface area contributed by atoms with Crippen molar-refractivity contribution in [2.45, 2.75) is 25.8 Å². The van der Waals surface area contributed by atoms with Crippen LogP contribution in [0.15, 0.2) is 30.6 Å². The molecule has 0 spiro atoms. The van der Waals surface area contributed by atoms with E-state index < -0.39 is 0 Å². The fourth-order valence-electron chi connectivity index (χ4n) is 3.21. The third-order valence-electron chi connectivity index (χ3n) is 4.47. The van der Waals surface area contributed by atoms with Crippen molar-refractivity contribution in [1.29, 1.82) is 0 Å². The van der Waals surface area contributed by atoms with Crippen LogP contribution in [0.1, 0.15) is 19.3 Å². The molecule has 1 saturated heterocycles. The predicted octanol–water partition coefficient (Wildman–Crippen LogP) is 1.22. The Morgan fingerprint density at radius 1 is 1.12 bits per heavy atom. The minimum atomic E-state index is -0.146. The number of nitrogens with zero attached hydrogens (tertiary/aromatic N) is 5. The Hall–Kier alpha value is -2.90. The first kappa shape index (κ1) is 15.6. The number of fused-ring (bicyclic) bond motifs is 1. The third kappa shape index (κ3) is 3.07. The standard InChI is InChI=1S/C17H19N5O3/c23-15-3-1-8-20(15)13-4-6-14(7-5-13)25-11-16(24)21-9-2-10-22-17(21)18-12-19-22/h4-7,12H,1-3,8-11H2. The highest BCUT2D eigenvalue weighted by Gasteiger charge is 2.25. The van der Waals surface area contributed by atoms with E-state index in [1.54, 1.807) is 26.6 Å². The Kier molecular flexibility index (Phi) is 4.09. The largest absolute Gasteiger partial charge is 0.484 e. The molecule has 2 aliphatic heterocycles. The third-order valence-corrected chi connectivity index (χ3v) is 4.47. The van der Waals surface area contributed by atoms with Crippen LogP contribution >= 0.6 is 0 Å². The van der Waals surface area contributed by atoms with Gasteiger partial charge in [0.05, 0.1) is 0 Å². The van der Waals surface area contributed by atoms with E-state index in [1.807, 2.05) is 12.1 Å². The molecule has 130 valence electrons. The molecule has 0 bridgehead atoms. The van der Waals surface area contributed by atoms with Crippen LogP contribution in [0.25, 0.3) is 0 Å². The van der Waals surface area contributed by atoms with E-state index in [2.05, 4.69) is 10.1 Å². The van der Waals surface area contributed by atoms with E-state index in [4.69, 9.17) is 4.74 Å². The lowest BCUT2D eigenvalue weighted by Gasteiger charge is -2.25. The van der Waals surface area contributed by atoms with Crippen LogP contribution < -0.4 is 14.5 Å². The summed E-state index contributed by atoms with van der Waals surface area (Å²) in [5, 5.41) is 4.10. The van der Waals surface area contributed by atoms with Gasteiger partial charge in [-0.3, -0.25) is 14.5 Å². The van der Waals surface area contributed by atoms with Gasteiger partial charge in [0.2, 0.25) is 11.9 Å². The second kappa shape index (κ2) is 6.54. The fraction of sp³-hybridized carbons (Fsp3) is 0.412. The number of rotatable bonds is 4. The quantitative estimate of drug-likeness (QED) is 0.835. The number of carbonyl (C=O) groups excluding carboxylic acids is 2. The first-order valence-corrected chi connectivity index (χ1v) is 8.44. The van der Waals surface area contributed by atoms with E-state index in [0.717, 1.165) is 31.6 Å². The Labute approximate surface area is 145 Å². The number of aryl methyl sites for hydroxylation is 1. The van der Waals surface area contributed by atoms with Crippen LogP contribution in [0.5, 0.6) is 5.75 Å². The molecule has 0 unspecified atom stereocenters. The van der Waals surface area contributed by atoms with Crippen molar-refractivity contribution in [3.8, 4) is 5.75 Å². The number of amides is 2. The van der Waals surface area contributed by atoms with Crippen LogP contribution in [0.4, 0.5) is 11.6 Å². The van der Waals surface area contributed by atoms with Gasteiger partial charge in [0.25, 0.3) is 5.91 Å². The summed E-state index contributed by atoms with van der Waals surface area (Å²) in [6.45, 7) is 2.09. The second-order valence-electron chi connectivity index (χ2n) is 6.11. The summed E-state index contributed by atoms with van der Waals surface area (Å²) in [6, 6.07) is 7.26. The Bertz CT molecular complexity index is 786. The molecule has 3 heterocycles. The maximum absolute atomic E-state index is 12.4. The van der Waals surface area contributed by atoms with Crippen LogP contribution in [-0.4, -0.2) is 46.3 Å². The van der Waals surface area contributed by atoms with Crippen molar-refractivity contribution in [1.82, 2.24) is 14.8 Å². The normalized spacial score (nSPS) is 16.9. The topological polar surface area (TPSA) is 80.6 Å². The zero-order valence-corrected chi connectivity index (χ0v) is 13.8. The summed E-state index contributed by atoms with van der Waals surface area (Å²) in [4.78, 5) is 31.7. The van der Waals surface area contributed by atoms with Gasteiger partial charge in [-0.2, -0.15) is 10.1 Å². The molecule has 8 heteroatoms. The molecule has 4 rings (SSSR count). The monoisotopic (exact) mass is 341 g/mol. The molecule has 1 aromatic heterocycles. The molecule has 1 fully saturated rings. The summed E-state index contributed by atoms with van der Waals surface area (Å²) >= 11 is 0. The molecular formula is C17H19N5O3. The number of carbonyl (C=O) groups is 2. The number of hydrogen-bond acceptors (Lipinski definition) is 5. The van der Waals surface area contributed by atoms with Crippen molar-refractivity contribution in [2.24, 2.45) is 0 Å². The number of aromatic nitrogens is 3. The fourth-order valence-corrected chi connectivity index (χ4v) is 3.21. The van der Waals surface area contributed by atoms with Crippen LogP contribution in [0, 0.1) is 0 Å². The minimum absolute atomic E-state index is 0.0607. The van der Waals surface area contributed by atoms with Gasteiger partial charge in [-0.15, -0.1) is 0 Å². The van der Waals surface area contributed by atoms with Crippen LogP contribution in [-0.2, 0) is 16.1 Å². The molecule has 0 radical (unpaired) electrons. The van der Waals surface area contributed by atoms with Gasteiger partial charge in [0.1, 0.15) is 12.1 Å². The average molecular weight is 341 g/mol. The molecule has 8 nitrogen and oxygen atoms in total. The highest BCUT2D eigenvalue weighted by Crippen LogP contribution is 2.24. The lowest BCUT2D eigenvalue weighted by Crippen LogP contribution is -2.40. The van der Waals surface area contributed by atoms with Crippen LogP contribution in [0.2, 0.25) is 0 Å². The van der Waals surface area contributed by atoms with Gasteiger partial charge in [-0.25, -0.2) is 4.68 Å². The first-order valence-electron chi connectivity index (χ1n) is 8.44. The van der Waals surface area contributed by atoms with E-state index >= 15 is 0 Å². The number of ether oxygens (including phenoxy) is 1. The molecule has 0 N–H and O–H groups in total. The number of anilines is 2. The van der Waals surface area contributed by atoms with E-state index in [0.29, 0.717) is 24.7 Å². The molecule has 2 amide bonds. The molecule has 0 saturated carbocycles. The molecule has 0 atom stereocenters. The average Bonchev–Trinajstić information content (AvgIpc) is 3.28. The maximum atomic E-state index is 12.4. The zero-order chi connectivity index (χ0) is 17.2. The summed E-state index contributed by atoms with van der Waals surface area (Å²) in [7, 11) is 0. The van der Waals surface area contributed by atoms with Crippen molar-refractivity contribution >= 4 is 23.5 Å². The van der Waals surface area contributed by atoms with Crippen LogP contribution in [0.3, 0.4) is 0 Å². The van der Waals surface area contributed by atoms with E-state index in [1.165, 1.54) is 6.33 Å². The summed E-state index contributed by atoms with van der Waals surface area (Å²) in [5.41, 5.74) is 0.866. The zero-order valence-electron chi connectivity index (χ0n) is 13.8. The summed E-state index contributed by atoms with van der Waals surface area (Å²) < 4.78 is 7.33. The lowest BCUT2D eigenvalue weighted by molar-refractivity contribution is -0.121. The molecule has 1 aromatic carbocycles. The highest BCUT2D eigenvalue weighted by atomic mass is 16.5. The smallest absolute Gasteiger partial charge is 0.267 e. The Morgan fingerprint density at radius 3 is 2.72 bits per heavy atom. The van der Waals surface area contributed by atoms with E-state index in [-0.39, 0.29) is 18.4 Å². The van der Waals surface area contributed by atoms with Gasteiger partial charge in [-0.05, 0) is 37.1 Å². The van der Waals surface area contributed by atoms with Gasteiger partial charge in [0.15, 0.2) is 6.61 Å². The van der Waals surface area contributed by atoms with Crippen molar-refractivity contribution in [3.63, 3.8) is 0 Å². The Morgan fingerprint density at radius 2 is 1.96 bits per heavy atom. The molecule has 2 aliphatic rings. The number of benzene rings is 1. The Balaban J connectivity index is 1.37. The highest BCUT2D eigenvalue weighted by molar-refractivity contribution is 5.95. The van der Waals surface area contributed by atoms with Gasteiger partial charge in [0, 0.05) is 31.7 Å². The maximum Gasteiger partial charge on any atom is 0.267 e. The summed E-state index contributed by atoms with van der Waals surface area (Å²) in [5.74, 6) is 1.18. The molecule has 0 aliphatic carbocycles. The molecule has 2 aromatic rings. The van der Waals surface area contributed by atoms with Gasteiger partial charge in [-0.1, -0.05) is 0 Å². The van der Waals surface area contributed by atoms with Gasteiger partial charge >= 0.3 is 0 Å². The van der Waals surface area contributed by atoms with Crippen molar-refractivity contribution in [2.75, 3.05) is 29.5 Å². The molecule has 25 heavy (non-hydrogen) atoms. The molecular weight excluding hydrogens is 322 g/mol. The summed E-state index contributed by atoms with van der Waals surface area (Å²) in [6.07, 6.45) is 3.81. The van der Waals surface area contributed by atoms with Crippen molar-refractivity contribution in [3.05, 3.63) is 30.6 Å².